The van der Waals surface area contributed by atoms with Crippen LogP contribution in [0.15, 0.2) is 209 Å². The summed E-state index contributed by atoms with van der Waals surface area (Å²) in [5.41, 5.74) is 15.1. The largest absolute Gasteiger partial charge is 0.208 e. The molecule has 3 nitrogen and oxygen atoms in total. The summed E-state index contributed by atoms with van der Waals surface area (Å²) in [5, 5.41) is 3.57. The van der Waals surface area contributed by atoms with Gasteiger partial charge in [-0.1, -0.05) is 163 Å². The molecule has 0 fully saturated rings. The second kappa shape index (κ2) is 13.6. The minimum absolute atomic E-state index is 0.442. The summed E-state index contributed by atoms with van der Waals surface area (Å²) in [4.78, 5) is 17.5. The molecule has 276 valence electrons. The van der Waals surface area contributed by atoms with Gasteiger partial charge in [-0.25, -0.2) is 15.0 Å². The quantitative estimate of drug-likeness (QED) is 0.174. The minimum Gasteiger partial charge on any atom is -0.208 e. The van der Waals surface area contributed by atoms with Crippen molar-refractivity contribution in [2.45, 2.75) is 15.2 Å². The molecule has 1 aliphatic heterocycles. The van der Waals surface area contributed by atoms with Gasteiger partial charge in [-0.15, -0.1) is 11.3 Å². The Hall–Kier alpha value is -6.92. The van der Waals surface area contributed by atoms with E-state index < -0.39 is 5.41 Å². The Kier molecular flexibility index (Phi) is 7.87. The van der Waals surface area contributed by atoms with E-state index in [1.54, 1.807) is 0 Å². The third-order valence-electron chi connectivity index (χ3n) is 11.9. The summed E-state index contributed by atoms with van der Waals surface area (Å²) in [6.07, 6.45) is 0. The van der Waals surface area contributed by atoms with Crippen LogP contribution in [-0.4, -0.2) is 15.0 Å². The molecule has 1 spiro atoms. The van der Waals surface area contributed by atoms with Crippen LogP contribution >= 0.6 is 23.1 Å². The van der Waals surface area contributed by atoms with Crippen LogP contribution in [-0.2, 0) is 5.41 Å². The predicted molar refractivity (Wildman–Crippen MR) is 244 cm³/mol. The van der Waals surface area contributed by atoms with Crippen LogP contribution < -0.4 is 0 Å². The Morgan fingerprint density at radius 1 is 0.356 bits per heavy atom. The summed E-state index contributed by atoms with van der Waals surface area (Å²) in [6, 6.07) is 70.0. The molecule has 0 bridgehead atoms. The number of rotatable bonds is 5. The third kappa shape index (κ3) is 5.39. The zero-order chi connectivity index (χ0) is 38.9. The summed E-state index contributed by atoms with van der Waals surface area (Å²) in [6.45, 7) is 0. The van der Waals surface area contributed by atoms with Crippen LogP contribution in [0, 0.1) is 0 Å². The van der Waals surface area contributed by atoms with Gasteiger partial charge in [-0.3, -0.25) is 0 Å². The number of nitrogens with zero attached hydrogens (tertiary/aromatic N) is 3. The molecule has 59 heavy (non-hydrogen) atoms. The average molecular weight is 788 g/mol. The van der Waals surface area contributed by atoms with E-state index in [-0.39, 0.29) is 0 Å². The molecule has 12 rings (SSSR count). The molecule has 5 heteroatoms. The highest BCUT2D eigenvalue weighted by molar-refractivity contribution is 7.99. The second-order valence-corrected chi connectivity index (χ2v) is 17.2. The van der Waals surface area contributed by atoms with E-state index in [1.807, 2.05) is 83.8 Å². The fourth-order valence-corrected chi connectivity index (χ4v) is 11.2. The highest BCUT2D eigenvalue weighted by Gasteiger charge is 2.50. The van der Waals surface area contributed by atoms with Crippen molar-refractivity contribution in [2.75, 3.05) is 0 Å². The highest BCUT2D eigenvalue weighted by atomic mass is 32.2. The highest BCUT2D eigenvalue weighted by Crippen LogP contribution is 2.63. The minimum atomic E-state index is -0.442. The lowest BCUT2D eigenvalue weighted by Crippen LogP contribution is -2.32. The first-order chi connectivity index (χ1) is 29.2. The van der Waals surface area contributed by atoms with Crippen LogP contribution in [0.4, 0.5) is 0 Å². The van der Waals surface area contributed by atoms with Crippen molar-refractivity contribution >= 4 is 33.2 Å². The van der Waals surface area contributed by atoms with Crippen LogP contribution in [0.3, 0.4) is 0 Å². The summed E-state index contributed by atoms with van der Waals surface area (Å²) >= 11 is 3.70. The van der Waals surface area contributed by atoms with Crippen molar-refractivity contribution in [2.24, 2.45) is 0 Å². The summed E-state index contributed by atoms with van der Waals surface area (Å²) < 4.78 is 1.33. The number of benzene rings is 8. The van der Waals surface area contributed by atoms with Gasteiger partial charge in [-0.2, -0.15) is 0 Å². The van der Waals surface area contributed by atoms with Crippen molar-refractivity contribution in [3.8, 4) is 67.5 Å². The van der Waals surface area contributed by atoms with Crippen molar-refractivity contribution in [1.29, 1.82) is 0 Å². The maximum atomic E-state index is 5.01. The number of aromatic nitrogens is 3. The molecule has 0 amide bonds. The molecular formula is C54H33N3S2. The van der Waals surface area contributed by atoms with E-state index in [0.717, 1.165) is 27.8 Å². The Balaban J connectivity index is 0.988. The predicted octanol–water partition coefficient (Wildman–Crippen LogP) is 14.2. The molecule has 10 aromatic rings. The van der Waals surface area contributed by atoms with Gasteiger partial charge in [-0.05, 0) is 103 Å². The summed E-state index contributed by atoms with van der Waals surface area (Å²) in [5.74, 6) is 1.95. The van der Waals surface area contributed by atoms with Gasteiger partial charge in [0.15, 0.2) is 17.5 Å². The van der Waals surface area contributed by atoms with Gasteiger partial charge in [0.2, 0.25) is 0 Å². The Morgan fingerprint density at radius 2 is 0.898 bits per heavy atom. The van der Waals surface area contributed by atoms with Crippen LogP contribution in [0.2, 0.25) is 0 Å². The van der Waals surface area contributed by atoms with Gasteiger partial charge in [0.1, 0.15) is 0 Å². The molecule has 2 aromatic heterocycles. The Morgan fingerprint density at radius 3 is 1.61 bits per heavy atom. The van der Waals surface area contributed by atoms with Gasteiger partial charge >= 0.3 is 0 Å². The lowest BCUT2D eigenvalue weighted by molar-refractivity contribution is 0.723. The first-order valence-corrected chi connectivity index (χ1v) is 21.5. The fourth-order valence-electron chi connectivity index (χ4n) is 9.27. The normalized spacial score (nSPS) is 14.8. The van der Waals surface area contributed by atoms with E-state index in [9.17, 15) is 0 Å². The molecule has 1 aliphatic carbocycles. The number of fused-ring (bicyclic) bond motifs is 11. The lowest BCUT2D eigenvalue weighted by atomic mass is 9.67. The number of thiophene rings is 1. The molecule has 2 aliphatic rings. The standard InChI is InChI=1S/C54H33N3S2/c1-3-13-34(14-4-1)51-55-52(35-15-5-2-6-16-35)57-53(56-51)40-20-12-19-38(32-40)36-17-11-18-37(31-36)39-25-27-49-46(33-39)54(44-23-9-10-24-48(44)59-49)43-22-8-7-21-41(43)50-42-29-30-58-47(42)28-26-45(50)54/h1-33H. The van der Waals surface area contributed by atoms with E-state index in [4.69, 9.17) is 15.0 Å². The molecule has 0 saturated heterocycles. The number of hydrogen-bond acceptors (Lipinski definition) is 5. The SMILES string of the molecule is c1ccc(-c2nc(-c3ccccc3)nc(-c3cccc(-c4cccc(-c5ccc6c(c5)C5(c7ccccc7S6)c6ccccc6-c6c5ccc5sccc65)c4)c3)n2)cc1. The molecular weight excluding hydrogens is 755 g/mol. The molecule has 3 heterocycles. The third-order valence-corrected chi connectivity index (χ3v) is 13.9. The maximum Gasteiger partial charge on any atom is 0.164 e. The second-order valence-electron chi connectivity index (χ2n) is 15.1. The van der Waals surface area contributed by atoms with Gasteiger partial charge < -0.3 is 0 Å². The molecule has 0 saturated carbocycles. The molecule has 8 aromatic carbocycles. The molecule has 0 radical (unpaired) electrons. The number of hydrogen-bond donors (Lipinski definition) is 0. The Labute approximate surface area is 350 Å². The first-order valence-electron chi connectivity index (χ1n) is 19.8. The lowest BCUT2D eigenvalue weighted by Gasteiger charge is -2.40. The zero-order valence-corrected chi connectivity index (χ0v) is 33.3. The monoisotopic (exact) mass is 787 g/mol. The summed E-state index contributed by atoms with van der Waals surface area (Å²) in [7, 11) is 0. The average Bonchev–Trinajstić information content (AvgIpc) is 3.91. The zero-order valence-electron chi connectivity index (χ0n) is 31.7. The van der Waals surface area contributed by atoms with Crippen LogP contribution in [0.25, 0.3) is 77.6 Å². The van der Waals surface area contributed by atoms with Gasteiger partial charge in [0, 0.05) is 36.6 Å². The van der Waals surface area contributed by atoms with Crippen molar-refractivity contribution in [3.63, 3.8) is 0 Å². The maximum absolute atomic E-state index is 5.01. The molecule has 1 unspecified atom stereocenters. The van der Waals surface area contributed by atoms with Gasteiger partial charge in [0.25, 0.3) is 0 Å². The Bertz CT molecular complexity index is 3210. The molecule has 0 N–H and O–H groups in total. The van der Waals surface area contributed by atoms with E-state index in [0.29, 0.717) is 17.5 Å². The van der Waals surface area contributed by atoms with E-state index >= 15 is 0 Å². The van der Waals surface area contributed by atoms with Gasteiger partial charge in [0.05, 0.1) is 5.41 Å². The van der Waals surface area contributed by atoms with E-state index in [2.05, 4.69) is 139 Å². The van der Waals surface area contributed by atoms with Crippen LogP contribution in [0.1, 0.15) is 22.3 Å². The van der Waals surface area contributed by atoms with E-state index in [1.165, 1.54) is 64.4 Å². The van der Waals surface area contributed by atoms with Crippen molar-refractivity contribution in [1.82, 2.24) is 15.0 Å². The van der Waals surface area contributed by atoms with Crippen molar-refractivity contribution < 1.29 is 0 Å². The topological polar surface area (TPSA) is 38.7 Å². The fraction of sp³-hybridized carbons (Fsp3) is 0.0185. The van der Waals surface area contributed by atoms with Crippen molar-refractivity contribution in [3.05, 3.63) is 222 Å². The molecule has 1 atom stereocenters. The first kappa shape index (κ1) is 34.1. The smallest absolute Gasteiger partial charge is 0.164 e. The van der Waals surface area contributed by atoms with Crippen LogP contribution in [0.5, 0.6) is 0 Å².